The Balaban J connectivity index is 1.96. The Bertz CT molecular complexity index is 356. The molecule has 0 amide bonds. The third-order valence-corrected chi connectivity index (χ3v) is 2.72. The third-order valence-electron chi connectivity index (χ3n) is 2.72. The molecule has 86 valence electrons. The second-order valence-corrected chi connectivity index (χ2v) is 3.98. The molecule has 1 aliphatic heterocycles. The van der Waals surface area contributed by atoms with E-state index in [0.29, 0.717) is 5.56 Å². The van der Waals surface area contributed by atoms with Crippen molar-refractivity contribution >= 4 is 5.78 Å². The van der Waals surface area contributed by atoms with Gasteiger partial charge in [0.25, 0.3) is 0 Å². The van der Waals surface area contributed by atoms with Crippen LogP contribution in [0, 0.1) is 0 Å². The number of hydrogen-bond donors (Lipinski definition) is 0. The van der Waals surface area contributed by atoms with Crippen LogP contribution in [0.15, 0.2) is 18.3 Å². The van der Waals surface area contributed by atoms with Gasteiger partial charge in [-0.2, -0.15) is 0 Å². The summed E-state index contributed by atoms with van der Waals surface area (Å²) in [7, 11) is 0. The summed E-state index contributed by atoms with van der Waals surface area (Å²) in [5, 5.41) is 0. The summed E-state index contributed by atoms with van der Waals surface area (Å²) in [6, 6.07) is 3.76. The van der Waals surface area contributed by atoms with E-state index in [9.17, 15) is 4.79 Å². The summed E-state index contributed by atoms with van der Waals surface area (Å²) >= 11 is 0. The molecule has 1 saturated heterocycles. The van der Waals surface area contributed by atoms with E-state index < -0.39 is 0 Å². The quantitative estimate of drug-likeness (QED) is 0.716. The molecule has 1 aromatic heterocycles. The summed E-state index contributed by atoms with van der Waals surface area (Å²) in [4.78, 5) is 17.7. The van der Waals surface area contributed by atoms with Gasteiger partial charge in [-0.05, 0) is 19.1 Å². The molecule has 0 saturated carbocycles. The average Bonchev–Trinajstić information content (AvgIpc) is 2.31. The monoisotopic (exact) mass is 220 g/mol. The number of ketones is 1. The molecule has 1 aromatic rings. The summed E-state index contributed by atoms with van der Waals surface area (Å²) < 4.78 is 5.28. The normalized spacial score (nSPS) is 17.3. The van der Waals surface area contributed by atoms with Gasteiger partial charge in [-0.3, -0.25) is 14.7 Å². The first kappa shape index (κ1) is 11.2. The molecule has 0 spiro atoms. The summed E-state index contributed by atoms with van der Waals surface area (Å²) in [6.07, 6.45) is 1.65. The molecule has 1 fully saturated rings. The molecule has 0 bridgehead atoms. The molecule has 2 heterocycles. The van der Waals surface area contributed by atoms with Crippen molar-refractivity contribution in [2.24, 2.45) is 0 Å². The van der Waals surface area contributed by atoms with E-state index in [1.165, 1.54) is 0 Å². The average molecular weight is 220 g/mol. The summed E-state index contributed by atoms with van der Waals surface area (Å²) in [5.41, 5.74) is 1.68. The van der Waals surface area contributed by atoms with Gasteiger partial charge in [0.15, 0.2) is 5.78 Å². The van der Waals surface area contributed by atoms with Gasteiger partial charge < -0.3 is 4.74 Å². The van der Waals surface area contributed by atoms with Crippen LogP contribution in [-0.4, -0.2) is 42.0 Å². The number of ether oxygens (including phenoxy) is 1. The van der Waals surface area contributed by atoms with Crippen LogP contribution in [0.4, 0.5) is 0 Å². The van der Waals surface area contributed by atoms with E-state index in [1.807, 2.05) is 12.1 Å². The van der Waals surface area contributed by atoms with Gasteiger partial charge in [-0.1, -0.05) is 0 Å². The predicted molar refractivity (Wildman–Crippen MR) is 60.3 cm³/mol. The fraction of sp³-hybridized carbons (Fsp3) is 0.500. The molecule has 4 nitrogen and oxygen atoms in total. The number of carbonyl (C=O) groups is 1. The Labute approximate surface area is 95.2 Å². The van der Waals surface area contributed by atoms with Crippen molar-refractivity contribution in [3.8, 4) is 0 Å². The highest BCUT2D eigenvalue weighted by molar-refractivity contribution is 5.93. The van der Waals surface area contributed by atoms with Gasteiger partial charge in [0.2, 0.25) is 0 Å². The predicted octanol–water partition coefficient (Wildman–Crippen LogP) is 1.12. The zero-order valence-corrected chi connectivity index (χ0v) is 9.48. The molecule has 0 aliphatic carbocycles. The molecule has 0 aromatic carbocycles. The van der Waals surface area contributed by atoms with Crippen molar-refractivity contribution in [2.45, 2.75) is 13.5 Å². The highest BCUT2D eigenvalue weighted by atomic mass is 16.5. The van der Waals surface area contributed by atoms with Crippen LogP contribution >= 0.6 is 0 Å². The maximum Gasteiger partial charge on any atom is 0.161 e. The number of carbonyl (C=O) groups excluding carboxylic acids is 1. The van der Waals surface area contributed by atoms with Crippen LogP contribution in [0.1, 0.15) is 23.0 Å². The molecule has 1 aliphatic rings. The third kappa shape index (κ3) is 2.87. The Hall–Kier alpha value is -1.26. The first-order chi connectivity index (χ1) is 7.75. The van der Waals surface area contributed by atoms with Crippen molar-refractivity contribution in [2.75, 3.05) is 26.3 Å². The van der Waals surface area contributed by atoms with Crippen molar-refractivity contribution in [1.82, 2.24) is 9.88 Å². The highest BCUT2D eigenvalue weighted by Gasteiger charge is 2.11. The van der Waals surface area contributed by atoms with E-state index in [-0.39, 0.29) is 5.78 Å². The van der Waals surface area contributed by atoms with Gasteiger partial charge in [-0.15, -0.1) is 0 Å². The van der Waals surface area contributed by atoms with Crippen molar-refractivity contribution in [1.29, 1.82) is 0 Å². The highest BCUT2D eigenvalue weighted by Crippen LogP contribution is 2.06. The Morgan fingerprint density at radius 3 is 2.75 bits per heavy atom. The minimum atomic E-state index is 0.0606. The maximum absolute atomic E-state index is 11.1. The smallest absolute Gasteiger partial charge is 0.161 e. The number of nitrogens with zero attached hydrogens (tertiary/aromatic N) is 2. The van der Waals surface area contributed by atoms with Crippen LogP contribution in [0.25, 0.3) is 0 Å². The lowest BCUT2D eigenvalue weighted by Crippen LogP contribution is -2.35. The maximum atomic E-state index is 11.1. The number of hydrogen-bond acceptors (Lipinski definition) is 4. The lowest BCUT2D eigenvalue weighted by molar-refractivity contribution is 0.0336. The Morgan fingerprint density at radius 1 is 1.44 bits per heavy atom. The van der Waals surface area contributed by atoms with E-state index in [1.54, 1.807) is 13.1 Å². The van der Waals surface area contributed by atoms with Crippen molar-refractivity contribution in [3.63, 3.8) is 0 Å². The molecule has 0 N–H and O–H groups in total. The van der Waals surface area contributed by atoms with Gasteiger partial charge >= 0.3 is 0 Å². The van der Waals surface area contributed by atoms with Gasteiger partial charge in [0, 0.05) is 31.4 Å². The van der Waals surface area contributed by atoms with Crippen LogP contribution in [-0.2, 0) is 11.3 Å². The van der Waals surface area contributed by atoms with Crippen molar-refractivity contribution < 1.29 is 9.53 Å². The molecule has 0 radical (unpaired) electrons. The lowest BCUT2D eigenvalue weighted by Gasteiger charge is -2.26. The summed E-state index contributed by atoms with van der Waals surface area (Å²) in [6.45, 7) is 5.89. The van der Waals surface area contributed by atoms with E-state index in [2.05, 4.69) is 9.88 Å². The van der Waals surface area contributed by atoms with E-state index >= 15 is 0 Å². The summed E-state index contributed by atoms with van der Waals surface area (Å²) in [5.74, 6) is 0.0606. The fourth-order valence-electron chi connectivity index (χ4n) is 1.71. The molecule has 4 heteroatoms. The molecule has 16 heavy (non-hydrogen) atoms. The number of Topliss-reactive ketones (excluding diaryl/α,β-unsaturated/α-hetero) is 1. The number of morpholine rings is 1. The van der Waals surface area contributed by atoms with Crippen LogP contribution < -0.4 is 0 Å². The largest absolute Gasteiger partial charge is 0.379 e. The molecule has 0 unspecified atom stereocenters. The number of aromatic nitrogens is 1. The van der Waals surface area contributed by atoms with E-state index in [0.717, 1.165) is 38.5 Å². The van der Waals surface area contributed by atoms with Crippen LogP contribution in [0.5, 0.6) is 0 Å². The molecule has 2 rings (SSSR count). The van der Waals surface area contributed by atoms with E-state index in [4.69, 9.17) is 4.74 Å². The second kappa shape index (κ2) is 5.18. The second-order valence-electron chi connectivity index (χ2n) is 3.98. The van der Waals surface area contributed by atoms with Gasteiger partial charge in [-0.25, -0.2) is 0 Å². The van der Waals surface area contributed by atoms with Gasteiger partial charge in [0.1, 0.15) is 0 Å². The zero-order valence-electron chi connectivity index (χ0n) is 9.48. The number of pyridine rings is 1. The Morgan fingerprint density at radius 2 is 2.19 bits per heavy atom. The molecule has 0 atom stereocenters. The van der Waals surface area contributed by atoms with Gasteiger partial charge in [0.05, 0.1) is 18.9 Å². The van der Waals surface area contributed by atoms with Crippen molar-refractivity contribution in [3.05, 3.63) is 29.6 Å². The molecular weight excluding hydrogens is 204 g/mol. The first-order valence-electron chi connectivity index (χ1n) is 5.51. The fourth-order valence-corrected chi connectivity index (χ4v) is 1.71. The van der Waals surface area contributed by atoms with Crippen LogP contribution in [0.3, 0.4) is 0 Å². The first-order valence-corrected chi connectivity index (χ1v) is 5.51. The minimum Gasteiger partial charge on any atom is -0.379 e. The topological polar surface area (TPSA) is 42.4 Å². The standard InChI is InChI=1S/C12H16N2O2/c1-10(15)11-2-3-12(13-8-11)9-14-4-6-16-7-5-14/h2-3,8H,4-7,9H2,1H3. The zero-order chi connectivity index (χ0) is 11.4. The van der Waals surface area contributed by atoms with Crippen LogP contribution in [0.2, 0.25) is 0 Å². The lowest BCUT2D eigenvalue weighted by atomic mass is 10.2. The SMILES string of the molecule is CC(=O)c1ccc(CN2CCOCC2)nc1. The molecular formula is C12H16N2O2. The minimum absolute atomic E-state index is 0.0606. The Kier molecular flexibility index (Phi) is 3.64. The number of rotatable bonds is 3.